The molecule has 1 heterocycles. The van der Waals surface area contributed by atoms with Crippen molar-refractivity contribution in [1.82, 2.24) is 0 Å². The van der Waals surface area contributed by atoms with E-state index >= 15 is 0 Å². The maximum absolute atomic E-state index is 12.4. The van der Waals surface area contributed by atoms with Crippen molar-refractivity contribution in [3.05, 3.63) is 35.9 Å². The van der Waals surface area contributed by atoms with Gasteiger partial charge in [-0.15, -0.1) is 0 Å². The van der Waals surface area contributed by atoms with Crippen LogP contribution in [-0.4, -0.2) is 59.1 Å². The van der Waals surface area contributed by atoms with Crippen molar-refractivity contribution in [2.75, 3.05) is 5.33 Å². The number of aliphatic hydroxyl groups is 1. The number of halogens is 1. The minimum Gasteiger partial charge on any atom is -0.454 e. The first kappa shape index (κ1) is 20.3. The third kappa shape index (κ3) is 5.03. The van der Waals surface area contributed by atoms with Gasteiger partial charge in [0.1, 0.15) is 6.10 Å². The second-order valence-corrected chi connectivity index (χ2v) is 6.25. The molecule has 0 saturated carbocycles. The van der Waals surface area contributed by atoms with E-state index in [1.54, 1.807) is 30.3 Å². The van der Waals surface area contributed by atoms with E-state index in [2.05, 4.69) is 15.9 Å². The zero-order valence-electron chi connectivity index (χ0n) is 14.2. The van der Waals surface area contributed by atoms with Crippen LogP contribution in [0.1, 0.15) is 24.2 Å². The van der Waals surface area contributed by atoms with E-state index < -0.39 is 48.6 Å². The summed E-state index contributed by atoms with van der Waals surface area (Å²) in [6.07, 6.45) is -6.03. The first-order valence-corrected chi connectivity index (χ1v) is 8.95. The predicted molar refractivity (Wildman–Crippen MR) is 91.4 cm³/mol. The van der Waals surface area contributed by atoms with Crippen LogP contribution in [0.5, 0.6) is 0 Å². The maximum atomic E-state index is 12.4. The summed E-state index contributed by atoms with van der Waals surface area (Å²) in [6.45, 7) is 2.30. The largest absolute Gasteiger partial charge is 0.454 e. The van der Waals surface area contributed by atoms with Crippen LogP contribution in [-0.2, 0) is 28.5 Å². The molecule has 1 aromatic rings. The summed E-state index contributed by atoms with van der Waals surface area (Å²) >= 11 is 3.21. The molecular formula is C17H19BrO8. The number of ether oxygens (including phenoxy) is 4. The molecule has 0 amide bonds. The second kappa shape index (κ2) is 9.11. The third-order valence-corrected chi connectivity index (χ3v) is 4.26. The summed E-state index contributed by atoms with van der Waals surface area (Å²) < 4.78 is 21.1. The van der Waals surface area contributed by atoms with Crippen LogP contribution in [0.4, 0.5) is 0 Å². The monoisotopic (exact) mass is 430 g/mol. The molecule has 5 atom stereocenters. The van der Waals surface area contributed by atoms with Crippen molar-refractivity contribution in [1.29, 1.82) is 0 Å². The fraction of sp³-hybridized carbons (Fsp3) is 0.471. The molecule has 0 bridgehead atoms. The Morgan fingerprint density at radius 1 is 1.00 bits per heavy atom. The van der Waals surface area contributed by atoms with Gasteiger partial charge < -0.3 is 24.1 Å². The lowest BCUT2D eigenvalue weighted by Crippen LogP contribution is -2.61. The van der Waals surface area contributed by atoms with Crippen LogP contribution in [0, 0.1) is 0 Å². The fourth-order valence-corrected chi connectivity index (χ4v) is 3.09. The first-order valence-electron chi connectivity index (χ1n) is 7.83. The maximum Gasteiger partial charge on any atom is 0.338 e. The lowest BCUT2D eigenvalue weighted by Gasteiger charge is -2.42. The molecule has 2 rings (SSSR count). The number of alkyl halides is 1. The van der Waals surface area contributed by atoms with Crippen LogP contribution in [0.25, 0.3) is 0 Å². The number of carbonyl (C=O) groups excluding carboxylic acids is 3. The summed E-state index contributed by atoms with van der Waals surface area (Å²) in [4.78, 5) is 35.3. The molecule has 1 aliphatic rings. The zero-order chi connectivity index (χ0) is 19.3. The smallest absolute Gasteiger partial charge is 0.338 e. The van der Waals surface area contributed by atoms with Crippen molar-refractivity contribution in [2.45, 2.75) is 44.6 Å². The van der Waals surface area contributed by atoms with Gasteiger partial charge >= 0.3 is 17.9 Å². The van der Waals surface area contributed by atoms with Crippen molar-refractivity contribution in [2.24, 2.45) is 0 Å². The fourth-order valence-electron chi connectivity index (χ4n) is 2.57. The highest BCUT2D eigenvalue weighted by Crippen LogP contribution is 2.29. The highest BCUT2D eigenvalue weighted by atomic mass is 79.9. The van der Waals surface area contributed by atoms with Crippen molar-refractivity contribution < 1.29 is 38.4 Å². The number of esters is 3. The van der Waals surface area contributed by atoms with Gasteiger partial charge in [0.25, 0.3) is 0 Å². The highest BCUT2D eigenvalue weighted by molar-refractivity contribution is 9.09. The summed E-state index contributed by atoms with van der Waals surface area (Å²) in [5.41, 5.74) is 0.289. The van der Waals surface area contributed by atoms with Crippen molar-refractivity contribution in [3.63, 3.8) is 0 Å². The van der Waals surface area contributed by atoms with Crippen molar-refractivity contribution in [3.8, 4) is 0 Å². The lowest BCUT2D eigenvalue weighted by atomic mass is 9.99. The van der Waals surface area contributed by atoms with Gasteiger partial charge in [-0.3, -0.25) is 9.59 Å². The molecule has 0 spiro atoms. The topological polar surface area (TPSA) is 108 Å². The van der Waals surface area contributed by atoms with E-state index in [4.69, 9.17) is 18.9 Å². The van der Waals surface area contributed by atoms with Crippen molar-refractivity contribution >= 4 is 33.8 Å². The Kier molecular flexibility index (Phi) is 7.13. The van der Waals surface area contributed by atoms with E-state index in [1.807, 2.05) is 0 Å². The summed E-state index contributed by atoms with van der Waals surface area (Å²) in [7, 11) is 0. The van der Waals surface area contributed by atoms with Gasteiger partial charge in [0, 0.05) is 19.2 Å². The quantitative estimate of drug-likeness (QED) is 0.421. The molecule has 1 aliphatic heterocycles. The number of benzene rings is 1. The Balaban J connectivity index is 2.30. The minimum absolute atomic E-state index is 0.182. The molecule has 1 N–H and O–H groups in total. The van der Waals surface area contributed by atoms with Gasteiger partial charge in [0.2, 0.25) is 0 Å². The molecule has 0 radical (unpaired) electrons. The van der Waals surface area contributed by atoms with Gasteiger partial charge in [0.15, 0.2) is 24.6 Å². The Labute approximate surface area is 158 Å². The number of aliphatic hydroxyl groups excluding tert-OH is 1. The molecule has 9 heteroatoms. The minimum atomic E-state index is -1.54. The van der Waals surface area contributed by atoms with E-state index in [0.717, 1.165) is 13.8 Å². The third-order valence-electron chi connectivity index (χ3n) is 3.62. The van der Waals surface area contributed by atoms with Crippen LogP contribution in [0.15, 0.2) is 30.3 Å². The molecule has 0 aliphatic carbocycles. The Morgan fingerprint density at radius 3 is 2.12 bits per heavy atom. The van der Waals surface area contributed by atoms with Crippen LogP contribution < -0.4 is 0 Å². The van der Waals surface area contributed by atoms with E-state index in [9.17, 15) is 19.5 Å². The van der Waals surface area contributed by atoms with Gasteiger partial charge in [-0.1, -0.05) is 34.1 Å². The zero-order valence-corrected chi connectivity index (χ0v) is 15.7. The summed E-state index contributed by atoms with van der Waals surface area (Å²) in [5, 5.41) is 10.3. The van der Waals surface area contributed by atoms with Gasteiger partial charge in [-0.2, -0.15) is 0 Å². The molecule has 0 unspecified atom stereocenters. The van der Waals surface area contributed by atoms with Gasteiger partial charge in [0.05, 0.1) is 5.56 Å². The molecule has 0 aromatic heterocycles. The van der Waals surface area contributed by atoms with Gasteiger partial charge in [-0.25, -0.2) is 4.79 Å². The first-order chi connectivity index (χ1) is 12.3. The predicted octanol–water partition coefficient (Wildman–Crippen LogP) is 1.19. The second-order valence-electron chi connectivity index (χ2n) is 5.60. The molecule has 1 fully saturated rings. The van der Waals surface area contributed by atoms with Gasteiger partial charge in [-0.05, 0) is 12.1 Å². The Hall–Kier alpha value is -1.97. The molecule has 1 saturated heterocycles. The van der Waals surface area contributed by atoms with Crippen LogP contribution in [0.3, 0.4) is 0 Å². The standard InChI is InChI=1S/C17H19BrO8/c1-9(19)23-14-13(26-16(21)11-6-4-3-5-7-11)12(8-18)25-17(22)15(14)24-10(2)20/h3-7,12-15,17,22H,8H2,1-2H3/t12-,13-,14+,15+,17+/m1/s1. The highest BCUT2D eigenvalue weighted by Gasteiger charge is 2.51. The van der Waals surface area contributed by atoms with Crippen LogP contribution >= 0.6 is 15.9 Å². The summed E-state index contributed by atoms with van der Waals surface area (Å²) in [5.74, 6) is -2.06. The molecule has 26 heavy (non-hydrogen) atoms. The van der Waals surface area contributed by atoms with E-state index in [-0.39, 0.29) is 10.9 Å². The van der Waals surface area contributed by atoms with Crippen LogP contribution in [0.2, 0.25) is 0 Å². The average Bonchev–Trinajstić information content (AvgIpc) is 2.60. The van der Waals surface area contributed by atoms with E-state index in [1.165, 1.54) is 0 Å². The average molecular weight is 431 g/mol. The Bertz CT molecular complexity index is 649. The normalized spacial score (nSPS) is 28.1. The van der Waals surface area contributed by atoms with E-state index in [0.29, 0.717) is 0 Å². The number of carbonyl (C=O) groups is 3. The molecular weight excluding hydrogens is 412 g/mol. The Morgan fingerprint density at radius 2 is 1.58 bits per heavy atom. The SMILES string of the molecule is CC(=O)O[C@@H]1[C@H](OC(C)=O)[C@@H](O)O[C@H](CBr)[C@H]1OC(=O)c1ccccc1. The molecule has 1 aromatic carbocycles. The number of rotatable bonds is 5. The summed E-state index contributed by atoms with van der Waals surface area (Å²) in [6, 6.07) is 8.22. The molecule has 142 valence electrons. The lowest BCUT2D eigenvalue weighted by molar-refractivity contribution is -0.283. The molecule has 8 nitrogen and oxygen atoms in total. The number of hydrogen-bond donors (Lipinski definition) is 1. The number of hydrogen-bond acceptors (Lipinski definition) is 8.